The molecule has 17 heavy (non-hydrogen) atoms. The maximum Gasteiger partial charge on any atom is 0.418 e. The highest BCUT2D eigenvalue weighted by atomic mass is 32.1. The Morgan fingerprint density at radius 3 is 2.47 bits per heavy atom. The van der Waals surface area contributed by atoms with Gasteiger partial charge in [0, 0.05) is 4.90 Å². The van der Waals surface area contributed by atoms with Gasteiger partial charge >= 0.3 is 12.1 Å². The van der Waals surface area contributed by atoms with Crippen LogP contribution in [0.15, 0.2) is 17.0 Å². The zero-order chi connectivity index (χ0) is 13.2. The summed E-state index contributed by atoms with van der Waals surface area (Å²) < 4.78 is 42.4. The third kappa shape index (κ3) is 2.53. The summed E-state index contributed by atoms with van der Waals surface area (Å²) in [5, 5.41) is 8.74. The van der Waals surface area contributed by atoms with Crippen molar-refractivity contribution in [1.29, 1.82) is 5.26 Å². The van der Waals surface area contributed by atoms with Crippen molar-refractivity contribution in [3.63, 3.8) is 0 Å². The highest BCUT2D eigenvalue weighted by Gasteiger charge is 2.37. The number of hydrogen-bond acceptors (Lipinski definition) is 4. The van der Waals surface area contributed by atoms with Gasteiger partial charge in [0.15, 0.2) is 0 Å². The fourth-order valence-corrected chi connectivity index (χ4v) is 1.59. The smallest absolute Gasteiger partial charge is 0.418 e. The number of carbonyl (C=O) groups excluding carboxylic acids is 1. The number of carbonyl (C=O) groups is 1. The average molecular weight is 261 g/mol. The quantitative estimate of drug-likeness (QED) is 0.624. The largest absolute Gasteiger partial charge is 0.465 e. The molecule has 7 heteroatoms. The number of nitriles is 1. The molecule has 0 spiro atoms. The van der Waals surface area contributed by atoms with E-state index in [1.54, 1.807) is 0 Å². The first-order chi connectivity index (χ1) is 7.82. The number of rotatable bonds is 1. The molecule has 0 heterocycles. The molecule has 0 saturated heterocycles. The van der Waals surface area contributed by atoms with E-state index in [1.807, 2.05) is 0 Å². The second-order valence-corrected chi connectivity index (χ2v) is 3.47. The Balaban J connectivity index is 3.61. The van der Waals surface area contributed by atoms with Gasteiger partial charge in [0.2, 0.25) is 0 Å². The molecule has 0 fully saturated rings. The van der Waals surface area contributed by atoms with Gasteiger partial charge in [0.25, 0.3) is 0 Å². The van der Waals surface area contributed by atoms with Crippen molar-refractivity contribution >= 4 is 18.6 Å². The molecule has 0 saturated carbocycles. The van der Waals surface area contributed by atoms with E-state index in [0.717, 1.165) is 19.2 Å². The molecule has 3 nitrogen and oxygen atoms in total. The Bertz CT molecular complexity index is 505. The van der Waals surface area contributed by atoms with Gasteiger partial charge in [-0.15, -0.1) is 12.6 Å². The Morgan fingerprint density at radius 2 is 2.06 bits per heavy atom. The van der Waals surface area contributed by atoms with E-state index in [9.17, 15) is 18.0 Å². The number of hydrogen-bond donors (Lipinski definition) is 1. The van der Waals surface area contributed by atoms with E-state index in [-0.39, 0.29) is 0 Å². The van der Waals surface area contributed by atoms with Crippen LogP contribution in [0.25, 0.3) is 0 Å². The molecule has 90 valence electrons. The fourth-order valence-electron chi connectivity index (χ4n) is 1.27. The van der Waals surface area contributed by atoms with Crippen LogP contribution in [-0.2, 0) is 10.9 Å². The Hall–Kier alpha value is -1.68. The lowest BCUT2D eigenvalue weighted by Gasteiger charge is -2.13. The molecule has 0 atom stereocenters. The summed E-state index contributed by atoms with van der Waals surface area (Å²) >= 11 is 3.64. The van der Waals surface area contributed by atoms with E-state index in [4.69, 9.17) is 5.26 Å². The zero-order valence-corrected chi connectivity index (χ0v) is 9.39. The van der Waals surface area contributed by atoms with Gasteiger partial charge < -0.3 is 4.74 Å². The lowest BCUT2D eigenvalue weighted by Crippen LogP contribution is -2.14. The lowest BCUT2D eigenvalue weighted by molar-refractivity contribution is -0.139. The van der Waals surface area contributed by atoms with Gasteiger partial charge in [0.1, 0.15) is 6.07 Å². The van der Waals surface area contributed by atoms with Gasteiger partial charge in [-0.3, -0.25) is 0 Å². The number of nitrogens with zero attached hydrogens (tertiary/aromatic N) is 1. The van der Waals surface area contributed by atoms with Crippen molar-refractivity contribution in [3.05, 3.63) is 28.8 Å². The predicted molar refractivity (Wildman–Crippen MR) is 54.8 cm³/mol. The maximum atomic E-state index is 12.7. The fraction of sp³-hybridized carbons (Fsp3) is 0.200. The third-order valence-electron chi connectivity index (χ3n) is 1.98. The molecule has 0 bridgehead atoms. The minimum Gasteiger partial charge on any atom is -0.465 e. The zero-order valence-electron chi connectivity index (χ0n) is 8.50. The molecule has 0 aliphatic rings. The van der Waals surface area contributed by atoms with Crippen molar-refractivity contribution in [3.8, 4) is 6.07 Å². The monoisotopic (exact) mass is 261 g/mol. The Labute approximate surface area is 100 Å². The van der Waals surface area contributed by atoms with Crippen LogP contribution < -0.4 is 0 Å². The highest BCUT2D eigenvalue weighted by Crippen LogP contribution is 2.37. The summed E-state index contributed by atoms with van der Waals surface area (Å²) in [6.45, 7) is 0. The van der Waals surface area contributed by atoms with Crippen molar-refractivity contribution < 1.29 is 22.7 Å². The molecule has 0 aromatic heterocycles. The number of thiol groups is 1. The predicted octanol–water partition coefficient (Wildman–Crippen LogP) is 2.65. The summed E-state index contributed by atoms with van der Waals surface area (Å²) in [7, 11) is 1.02. The number of esters is 1. The Kier molecular flexibility index (Phi) is 3.68. The van der Waals surface area contributed by atoms with Crippen LogP contribution in [-0.4, -0.2) is 13.1 Å². The van der Waals surface area contributed by atoms with Crippen LogP contribution in [0.3, 0.4) is 0 Å². The standard InChI is InChI=1S/C10H6F3NO2S/c1-16-9(15)5-2-3-7(17)8(6(5)4-14)10(11,12)13/h2-3,17H,1H3. The molecule has 0 unspecified atom stereocenters. The van der Waals surface area contributed by atoms with Crippen LogP contribution >= 0.6 is 12.6 Å². The molecule has 1 rings (SSSR count). The van der Waals surface area contributed by atoms with E-state index >= 15 is 0 Å². The van der Waals surface area contributed by atoms with Gasteiger partial charge in [-0.25, -0.2) is 4.79 Å². The first-order valence-electron chi connectivity index (χ1n) is 4.24. The molecule has 0 N–H and O–H groups in total. The summed E-state index contributed by atoms with van der Waals surface area (Å²) in [5.74, 6) is -1.000. The summed E-state index contributed by atoms with van der Waals surface area (Å²) in [4.78, 5) is 10.8. The van der Waals surface area contributed by atoms with Crippen molar-refractivity contribution in [2.24, 2.45) is 0 Å². The SMILES string of the molecule is COC(=O)c1ccc(S)c(C(F)(F)F)c1C#N. The van der Waals surface area contributed by atoms with E-state index < -0.39 is 33.7 Å². The van der Waals surface area contributed by atoms with Crippen LogP contribution in [0.1, 0.15) is 21.5 Å². The molecule has 0 amide bonds. The second-order valence-electron chi connectivity index (χ2n) is 2.98. The first kappa shape index (κ1) is 13.4. The molecule has 0 radical (unpaired) electrons. The van der Waals surface area contributed by atoms with Gasteiger partial charge in [0.05, 0.1) is 23.8 Å². The van der Waals surface area contributed by atoms with E-state index in [2.05, 4.69) is 17.4 Å². The topological polar surface area (TPSA) is 50.1 Å². The first-order valence-corrected chi connectivity index (χ1v) is 4.69. The van der Waals surface area contributed by atoms with E-state index in [0.29, 0.717) is 0 Å². The molecular weight excluding hydrogens is 255 g/mol. The summed E-state index contributed by atoms with van der Waals surface area (Å²) in [6.07, 6.45) is -4.76. The number of ether oxygens (including phenoxy) is 1. The summed E-state index contributed by atoms with van der Waals surface area (Å²) in [6, 6.07) is 3.43. The van der Waals surface area contributed by atoms with Crippen molar-refractivity contribution in [2.75, 3.05) is 7.11 Å². The molecule has 1 aromatic rings. The van der Waals surface area contributed by atoms with Gasteiger partial charge in [-0.2, -0.15) is 18.4 Å². The second kappa shape index (κ2) is 4.67. The molecule has 0 aliphatic carbocycles. The molecular formula is C10H6F3NO2S. The highest BCUT2D eigenvalue weighted by molar-refractivity contribution is 7.80. The van der Waals surface area contributed by atoms with Gasteiger partial charge in [-0.05, 0) is 12.1 Å². The van der Waals surface area contributed by atoms with Crippen LogP contribution in [0.2, 0.25) is 0 Å². The normalized spacial score (nSPS) is 10.8. The summed E-state index contributed by atoms with van der Waals surface area (Å²) in [5.41, 5.74) is -2.44. The number of benzene rings is 1. The van der Waals surface area contributed by atoms with Crippen LogP contribution in [0, 0.1) is 11.3 Å². The van der Waals surface area contributed by atoms with Crippen LogP contribution in [0.5, 0.6) is 0 Å². The minimum atomic E-state index is -4.76. The third-order valence-corrected chi connectivity index (χ3v) is 2.36. The Morgan fingerprint density at radius 1 is 1.47 bits per heavy atom. The number of halogens is 3. The average Bonchev–Trinajstić information content (AvgIpc) is 2.25. The van der Waals surface area contributed by atoms with Crippen LogP contribution in [0.4, 0.5) is 13.2 Å². The van der Waals surface area contributed by atoms with Crippen molar-refractivity contribution in [1.82, 2.24) is 0 Å². The number of alkyl halides is 3. The molecule has 1 aromatic carbocycles. The minimum absolute atomic E-state index is 0.415. The molecule has 0 aliphatic heterocycles. The maximum absolute atomic E-state index is 12.7. The lowest BCUT2D eigenvalue weighted by atomic mass is 10.0. The van der Waals surface area contributed by atoms with Crippen molar-refractivity contribution in [2.45, 2.75) is 11.1 Å². The van der Waals surface area contributed by atoms with Gasteiger partial charge in [-0.1, -0.05) is 0 Å². The van der Waals surface area contributed by atoms with E-state index in [1.165, 1.54) is 6.07 Å². The number of methoxy groups -OCH3 is 1.